The van der Waals surface area contributed by atoms with E-state index in [4.69, 9.17) is 9.26 Å². The minimum absolute atomic E-state index is 0.153. The Morgan fingerprint density at radius 1 is 1.00 bits per heavy atom. The molecule has 5 heteroatoms. The number of rotatable bonds is 10. The molecule has 3 aromatic rings. The van der Waals surface area contributed by atoms with Crippen molar-refractivity contribution in [3.63, 3.8) is 0 Å². The van der Waals surface area contributed by atoms with Gasteiger partial charge in [-0.2, -0.15) is 0 Å². The van der Waals surface area contributed by atoms with E-state index < -0.39 is 5.60 Å². The molecule has 1 unspecified atom stereocenters. The van der Waals surface area contributed by atoms with Gasteiger partial charge in [0.15, 0.2) is 5.76 Å². The minimum atomic E-state index is -1.11. The number of aromatic nitrogens is 1. The number of nitrogens with zero attached hydrogens (tertiary/aromatic N) is 2. The van der Waals surface area contributed by atoms with Gasteiger partial charge in [-0.15, -0.1) is 0 Å². The van der Waals surface area contributed by atoms with Crippen LogP contribution in [0.3, 0.4) is 0 Å². The van der Waals surface area contributed by atoms with Gasteiger partial charge in [0.2, 0.25) is 0 Å². The summed E-state index contributed by atoms with van der Waals surface area (Å²) < 4.78 is 12.4. The summed E-state index contributed by atoms with van der Waals surface area (Å²) in [5.74, 6) is 0.948. The number of benzene rings is 2. The molecule has 176 valence electrons. The summed E-state index contributed by atoms with van der Waals surface area (Å²) >= 11 is 0. The van der Waals surface area contributed by atoms with Crippen LogP contribution in [0.15, 0.2) is 71.3 Å². The van der Waals surface area contributed by atoms with Crippen LogP contribution in [0.5, 0.6) is 0 Å². The number of hydrogen-bond donors (Lipinski definition) is 1. The van der Waals surface area contributed by atoms with Crippen molar-refractivity contribution in [3.8, 4) is 0 Å². The molecule has 33 heavy (non-hydrogen) atoms. The fourth-order valence-electron chi connectivity index (χ4n) is 4.95. The predicted octanol–water partition coefficient (Wildman–Crippen LogP) is 5.28. The van der Waals surface area contributed by atoms with Crippen molar-refractivity contribution < 1.29 is 18.8 Å². The van der Waals surface area contributed by atoms with Crippen molar-refractivity contribution in [2.45, 2.75) is 50.9 Å². The van der Waals surface area contributed by atoms with E-state index >= 15 is 0 Å². The fourth-order valence-corrected chi connectivity index (χ4v) is 4.95. The van der Waals surface area contributed by atoms with Crippen LogP contribution in [-0.2, 0) is 23.5 Å². The van der Waals surface area contributed by atoms with Crippen LogP contribution in [0.1, 0.15) is 54.7 Å². The predicted molar refractivity (Wildman–Crippen MR) is 129 cm³/mol. The second-order valence-corrected chi connectivity index (χ2v) is 10.0. The molecule has 4 rings (SSSR count). The van der Waals surface area contributed by atoms with Crippen molar-refractivity contribution >= 4 is 0 Å². The molecule has 5 nitrogen and oxygen atoms in total. The summed E-state index contributed by atoms with van der Waals surface area (Å²) in [6, 6.07) is 22.2. The highest BCUT2D eigenvalue weighted by atomic mass is 16.5. The first-order valence-electron chi connectivity index (χ1n) is 12.1. The summed E-state index contributed by atoms with van der Waals surface area (Å²) in [5, 5.41) is 16.4. The zero-order valence-corrected chi connectivity index (χ0v) is 20.0. The van der Waals surface area contributed by atoms with Crippen LogP contribution in [-0.4, -0.2) is 42.0 Å². The Labute approximate surface area is 197 Å². The van der Waals surface area contributed by atoms with Crippen molar-refractivity contribution in [1.82, 2.24) is 5.16 Å². The lowest BCUT2D eigenvalue weighted by molar-refractivity contribution is -0.905. The van der Waals surface area contributed by atoms with Crippen molar-refractivity contribution in [2.24, 2.45) is 5.92 Å². The van der Waals surface area contributed by atoms with Gasteiger partial charge in [0, 0.05) is 6.07 Å². The molecule has 0 bridgehead atoms. The summed E-state index contributed by atoms with van der Waals surface area (Å²) in [7, 11) is 4.33. The maximum Gasteiger partial charge on any atom is 0.191 e. The third-order valence-corrected chi connectivity index (χ3v) is 6.90. The number of likely N-dealkylation sites (N-methyl/N-ethyl adjacent to an activating group) is 1. The van der Waals surface area contributed by atoms with Gasteiger partial charge in [0.25, 0.3) is 0 Å². The van der Waals surface area contributed by atoms with E-state index in [1.54, 1.807) is 0 Å². The average Bonchev–Trinajstić information content (AvgIpc) is 3.31. The monoisotopic (exact) mass is 449 g/mol. The fraction of sp³-hybridized carbons (Fsp3) is 0.464. The lowest BCUT2D eigenvalue weighted by Crippen LogP contribution is -2.41. The molecular weight excluding hydrogens is 412 g/mol. The molecule has 0 amide bonds. The Balaban J connectivity index is 1.42. The lowest BCUT2D eigenvalue weighted by Gasteiger charge is -2.37. The van der Waals surface area contributed by atoms with Crippen LogP contribution in [0.4, 0.5) is 0 Å². The summed E-state index contributed by atoms with van der Waals surface area (Å²) in [6.07, 6.45) is 5.56. The van der Waals surface area contributed by atoms with E-state index in [1.165, 1.54) is 12.0 Å². The number of aliphatic hydroxyl groups is 1. The first-order valence-corrected chi connectivity index (χ1v) is 12.1. The van der Waals surface area contributed by atoms with Gasteiger partial charge in [-0.05, 0) is 29.9 Å². The van der Waals surface area contributed by atoms with Gasteiger partial charge in [-0.3, -0.25) is 0 Å². The maximum absolute atomic E-state index is 12.0. The molecule has 0 spiro atoms. The second kappa shape index (κ2) is 10.6. The maximum atomic E-state index is 12.0. The van der Waals surface area contributed by atoms with E-state index in [1.807, 2.05) is 54.6 Å². The SMILES string of the molecule is C[N+](C)(CCOCc1ccccc1)Cc1cc(C(O)(c2ccccc2)C2CCCCC2)no1. The van der Waals surface area contributed by atoms with Gasteiger partial charge in [0.1, 0.15) is 24.4 Å². The van der Waals surface area contributed by atoms with Gasteiger partial charge < -0.3 is 18.8 Å². The van der Waals surface area contributed by atoms with Gasteiger partial charge in [0.05, 0.1) is 27.3 Å². The smallest absolute Gasteiger partial charge is 0.191 e. The molecule has 1 atom stereocenters. The molecule has 1 aliphatic rings. The Kier molecular flexibility index (Phi) is 7.63. The highest BCUT2D eigenvalue weighted by Crippen LogP contribution is 2.43. The van der Waals surface area contributed by atoms with Crippen LogP contribution in [0.25, 0.3) is 0 Å². The Morgan fingerprint density at radius 3 is 2.36 bits per heavy atom. The molecule has 1 fully saturated rings. The second-order valence-electron chi connectivity index (χ2n) is 10.0. The first kappa shape index (κ1) is 23.7. The Hall–Kier alpha value is -2.47. The van der Waals surface area contributed by atoms with E-state index in [9.17, 15) is 5.11 Å². The van der Waals surface area contributed by atoms with Gasteiger partial charge in [-0.25, -0.2) is 0 Å². The molecule has 0 radical (unpaired) electrons. The van der Waals surface area contributed by atoms with Gasteiger partial charge >= 0.3 is 0 Å². The lowest BCUT2D eigenvalue weighted by atomic mass is 9.71. The van der Waals surface area contributed by atoms with E-state index in [0.717, 1.165) is 48.0 Å². The third-order valence-electron chi connectivity index (χ3n) is 6.90. The summed E-state index contributed by atoms with van der Waals surface area (Å²) in [5.41, 5.74) is 1.61. The molecule has 2 aromatic carbocycles. The van der Waals surface area contributed by atoms with E-state index in [2.05, 4.69) is 31.4 Å². The number of ether oxygens (including phenoxy) is 1. The van der Waals surface area contributed by atoms with Crippen LogP contribution in [0, 0.1) is 5.92 Å². The minimum Gasteiger partial charge on any atom is -0.378 e. The zero-order valence-electron chi connectivity index (χ0n) is 20.0. The standard InChI is InChI=1S/C28H37N2O3/c1-30(2,18-19-32-22-23-12-6-3-7-13-23)21-26-20-27(29-33-26)28(31,24-14-8-4-9-15-24)25-16-10-5-11-17-25/h3-4,6-9,12-15,20,25,31H,5,10-11,16-19,21-22H2,1-2H3/q+1. The number of quaternary nitrogens is 1. The molecule has 1 saturated carbocycles. The Bertz CT molecular complexity index is 981. The van der Waals surface area contributed by atoms with Crippen LogP contribution in [0.2, 0.25) is 0 Å². The summed E-state index contributed by atoms with van der Waals surface area (Å²) in [4.78, 5) is 0. The van der Waals surface area contributed by atoms with Crippen LogP contribution < -0.4 is 0 Å². The Morgan fingerprint density at radius 2 is 1.67 bits per heavy atom. The highest BCUT2D eigenvalue weighted by Gasteiger charge is 2.43. The molecule has 1 aliphatic carbocycles. The largest absolute Gasteiger partial charge is 0.378 e. The quantitative estimate of drug-likeness (QED) is 0.338. The highest BCUT2D eigenvalue weighted by molar-refractivity contribution is 5.33. The topological polar surface area (TPSA) is 55.5 Å². The van der Waals surface area contributed by atoms with Crippen LogP contribution >= 0.6 is 0 Å². The average molecular weight is 450 g/mol. The molecular formula is C28H37N2O3+. The normalized spacial score (nSPS) is 17.1. The zero-order chi connectivity index (χ0) is 23.2. The van der Waals surface area contributed by atoms with Crippen molar-refractivity contribution in [2.75, 3.05) is 27.2 Å². The van der Waals surface area contributed by atoms with Crippen molar-refractivity contribution in [1.29, 1.82) is 0 Å². The molecule has 0 aliphatic heterocycles. The van der Waals surface area contributed by atoms with E-state index in [-0.39, 0.29) is 5.92 Å². The number of hydrogen-bond acceptors (Lipinski definition) is 4. The first-order chi connectivity index (χ1) is 16.0. The summed E-state index contributed by atoms with van der Waals surface area (Å²) in [6.45, 7) is 2.84. The van der Waals surface area contributed by atoms with Crippen molar-refractivity contribution in [3.05, 3.63) is 89.3 Å². The third kappa shape index (κ3) is 5.91. The molecule has 1 aromatic heterocycles. The molecule has 1 N–H and O–H groups in total. The molecule has 0 saturated heterocycles. The van der Waals surface area contributed by atoms with E-state index in [0.29, 0.717) is 25.5 Å². The van der Waals surface area contributed by atoms with Gasteiger partial charge in [-0.1, -0.05) is 85.1 Å². The molecule has 1 heterocycles.